The van der Waals surface area contributed by atoms with Gasteiger partial charge in [0.15, 0.2) is 0 Å². The van der Waals surface area contributed by atoms with Crippen molar-refractivity contribution in [1.29, 1.82) is 0 Å². The summed E-state index contributed by atoms with van der Waals surface area (Å²) in [6.07, 6.45) is 0.988. The molecular formula is C16H21NOS. The summed E-state index contributed by atoms with van der Waals surface area (Å²) in [5, 5.41) is 15.1. The Morgan fingerprint density at radius 1 is 1.16 bits per heavy atom. The quantitative estimate of drug-likeness (QED) is 0.761. The molecular weight excluding hydrogens is 254 g/mol. The molecule has 0 saturated carbocycles. The van der Waals surface area contributed by atoms with Crippen LogP contribution < -0.4 is 5.32 Å². The molecule has 2 rings (SSSR count). The molecule has 2 nitrogen and oxygen atoms in total. The summed E-state index contributed by atoms with van der Waals surface area (Å²) in [6.45, 7) is 3.19. The molecule has 0 heterocycles. The highest BCUT2D eigenvalue weighted by molar-refractivity contribution is 7.99. The predicted octanol–water partition coefficient (Wildman–Crippen LogP) is 3.29. The van der Waals surface area contributed by atoms with Gasteiger partial charge in [0.1, 0.15) is 0 Å². The Morgan fingerprint density at radius 3 is 2.68 bits per heavy atom. The average Bonchev–Trinajstić information content (AvgIpc) is 2.46. The number of aliphatic hydroxyl groups excluding tert-OH is 1. The van der Waals surface area contributed by atoms with E-state index >= 15 is 0 Å². The lowest BCUT2D eigenvalue weighted by Crippen LogP contribution is -2.32. The molecule has 0 amide bonds. The van der Waals surface area contributed by atoms with E-state index in [0.717, 1.165) is 18.7 Å². The van der Waals surface area contributed by atoms with Crippen molar-refractivity contribution in [2.75, 3.05) is 18.9 Å². The van der Waals surface area contributed by atoms with Gasteiger partial charge in [-0.15, -0.1) is 11.8 Å². The van der Waals surface area contributed by atoms with Crippen molar-refractivity contribution in [2.24, 2.45) is 0 Å². The van der Waals surface area contributed by atoms with Crippen molar-refractivity contribution >= 4 is 22.5 Å². The summed E-state index contributed by atoms with van der Waals surface area (Å²) >= 11 is 1.85. The minimum Gasteiger partial charge on any atom is -0.395 e. The zero-order valence-electron chi connectivity index (χ0n) is 11.3. The van der Waals surface area contributed by atoms with E-state index in [1.165, 1.54) is 15.7 Å². The summed E-state index contributed by atoms with van der Waals surface area (Å²) in [5.74, 6) is 1.02. The van der Waals surface area contributed by atoms with Crippen molar-refractivity contribution in [3.05, 3.63) is 42.5 Å². The van der Waals surface area contributed by atoms with Crippen LogP contribution in [0.15, 0.2) is 47.4 Å². The number of rotatable bonds is 7. The van der Waals surface area contributed by atoms with Crippen molar-refractivity contribution in [3.63, 3.8) is 0 Å². The third-order valence-corrected chi connectivity index (χ3v) is 4.20. The van der Waals surface area contributed by atoms with Crippen LogP contribution in [-0.4, -0.2) is 30.1 Å². The molecule has 0 radical (unpaired) electrons. The third-order valence-electron chi connectivity index (χ3n) is 3.17. The summed E-state index contributed by atoms with van der Waals surface area (Å²) in [5.41, 5.74) is 0. The number of thioether (sulfide) groups is 1. The fourth-order valence-corrected chi connectivity index (χ4v) is 3.14. The van der Waals surface area contributed by atoms with Crippen LogP contribution in [0.2, 0.25) is 0 Å². The molecule has 19 heavy (non-hydrogen) atoms. The molecule has 0 aliphatic carbocycles. The minimum atomic E-state index is 0.214. The van der Waals surface area contributed by atoms with Crippen LogP contribution >= 0.6 is 11.8 Å². The number of hydrogen-bond acceptors (Lipinski definition) is 3. The average molecular weight is 275 g/mol. The molecule has 2 N–H and O–H groups in total. The van der Waals surface area contributed by atoms with E-state index in [-0.39, 0.29) is 12.6 Å². The number of aliphatic hydroxyl groups is 1. The number of fused-ring (bicyclic) bond motifs is 1. The number of nitrogens with one attached hydrogen (secondary N) is 1. The zero-order chi connectivity index (χ0) is 13.5. The van der Waals surface area contributed by atoms with Gasteiger partial charge in [-0.2, -0.15) is 0 Å². The van der Waals surface area contributed by atoms with Crippen LogP contribution in [0.1, 0.15) is 13.3 Å². The standard InChI is InChI=1S/C16H21NOS/c1-2-17-15(12-18)9-10-19-16-8-7-13-5-3-4-6-14(13)11-16/h3-8,11,15,17-18H,2,9-10,12H2,1H3. The van der Waals surface area contributed by atoms with Crippen LogP contribution in [0.5, 0.6) is 0 Å². The SMILES string of the molecule is CCNC(CO)CCSc1ccc2ccccc2c1. The minimum absolute atomic E-state index is 0.214. The van der Waals surface area contributed by atoms with Crippen molar-refractivity contribution < 1.29 is 5.11 Å². The first-order valence-electron chi connectivity index (χ1n) is 6.79. The number of benzene rings is 2. The van der Waals surface area contributed by atoms with Gasteiger partial charge < -0.3 is 10.4 Å². The third kappa shape index (κ3) is 4.23. The lowest BCUT2D eigenvalue weighted by molar-refractivity contribution is 0.242. The van der Waals surface area contributed by atoms with Gasteiger partial charge in [0.2, 0.25) is 0 Å². The van der Waals surface area contributed by atoms with Gasteiger partial charge in [-0.3, -0.25) is 0 Å². The molecule has 1 atom stereocenters. The molecule has 0 aromatic heterocycles. The highest BCUT2D eigenvalue weighted by atomic mass is 32.2. The molecule has 0 aliphatic heterocycles. The lowest BCUT2D eigenvalue weighted by Gasteiger charge is -2.14. The molecule has 0 spiro atoms. The molecule has 3 heteroatoms. The van der Waals surface area contributed by atoms with Gasteiger partial charge in [-0.1, -0.05) is 37.3 Å². The second-order valence-corrected chi connectivity index (χ2v) is 5.75. The maximum Gasteiger partial charge on any atom is 0.0584 e. The molecule has 102 valence electrons. The number of hydrogen-bond donors (Lipinski definition) is 2. The van der Waals surface area contributed by atoms with Gasteiger partial charge in [0, 0.05) is 10.9 Å². The maximum atomic E-state index is 9.22. The Balaban J connectivity index is 1.90. The first kappa shape index (κ1) is 14.4. The molecule has 1 unspecified atom stereocenters. The van der Waals surface area contributed by atoms with Gasteiger partial charge >= 0.3 is 0 Å². The second kappa shape index (κ2) is 7.53. The van der Waals surface area contributed by atoms with Crippen LogP contribution in [-0.2, 0) is 0 Å². The fraction of sp³-hybridized carbons (Fsp3) is 0.375. The zero-order valence-corrected chi connectivity index (χ0v) is 12.1. The maximum absolute atomic E-state index is 9.22. The van der Waals surface area contributed by atoms with Crippen molar-refractivity contribution in [3.8, 4) is 0 Å². The summed E-state index contributed by atoms with van der Waals surface area (Å²) in [7, 11) is 0. The summed E-state index contributed by atoms with van der Waals surface area (Å²) in [4.78, 5) is 1.30. The van der Waals surface area contributed by atoms with E-state index in [0.29, 0.717) is 0 Å². The van der Waals surface area contributed by atoms with Gasteiger partial charge in [-0.05, 0) is 41.6 Å². The molecule has 2 aromatic rings. The van der Waals surface area contributed by atoms with Gasteiger partial charge in [-0.25, -0.2) is 0 Å². The smallest absolute Gasteiger partial charge is 0.0584 e. The number of likely N-dealkylation sites (N-methyl/N-ethyl adjacent to an activating group) is 1. The molecule has 0 saturated heterocycles. The lowest BCUT2D eigenvalue weighted by atomic mass is 10.1. The van der Waals surface area contributed by atoms with Crippen molar-refractivity contribution in [1.82, 2.24) is 5.32 Å². The summed E-state index contributed by atoms with van der Waals surface area (Å²) in [6, 6.07) is 15.2. The highest BCUT2D eigenvalue weighted by Gasteiger charge is 2.05. The van der Waals surface area contributed by atoms with Crippen LogP contribution in [0.4, 0.5) is 0 Å². The van der Waals surface area contributed by atoms with E-state index in [9.17, 15) is 5.11 Å². The Kier molecular flexibility index (Phi) is 5.70. The molecule has 0 bridgehead atoms. The predicted molar refractivity (Wildman–Crippen MR) is 83.8 cm³/mol. The molecule has 0 aliphatic rings. The van der Waals surface area contributed by atoms with E-state index in [1.807, 2.05) is 11.8 Å². The van der Waals surface area contributed by atoms with Crippen molar-refractivity contribution in [2.45, 2.75) is 24.3 Å². The second-order valence-electron chi connectivity index (χ2n) is 4.58. The van der Waals surface area contributed by atoms with Crippen LogP contribution in [0.3, 0.4) is 0 Å². The topological polar surface area (TPSA) is 32.3 Å². The van der Waals surface area contributed by atoms with E-state index in [2.05, 4.69) is 54.7 Å². The largest absolute Gasteiger partial charge is 0.395 e. The van der Waals surface area contributed by atoms with E-state index < -0.39 is 0 Å². The Labute approximate surface area is 119 Å². The van der Waals surface area contributed by atoms with Crippen LogP contribution in [0.25, 0.3) is 10.8 Å². The first-order chi connectivity index (χ1) is 9.33. The first-order valence-corrected chi connectivity index (χ1v) is 7.78. The molecule has 0 fully saturated rings. The Hall–Kier alpha value is -1.03. The van der Waals surface area contributed by atoms with E-state index in [1.54, 1.807) is 0 Å². The Bertz CT molecular complexity index is 515. The molecule has 2 aromatic carbocycles. The van der Waals surface area contributed by atoms with E-state index in [4.69, 9.17) is 0 Å². The van der Waals surface area contributed by atoms with Crippen LogP contribution in [0, 0.1) is 0 Å². The Morgan fingerprint density at radius 2 is 1.95 bits per heavy atom. The normalized spacial score (nSPS) is 12.7. The fourth-order valence-electron chi connectivity index (χ4n) is 2.12. The monoisotopic (exact) mass is 275 g/mol. The van der Waals surface area contributed by atoms with Gasteiger partial charge in [0.05, 0.1) is 6.61 Å². The highest BCUT2D eigenvalue weighted by Crippen LogP contribution is 2.24. The summed E-state index contributed by atoms with van der Waals surface area (Å²) < 4.78 is 0. The van der Waals surface area contributed by atoms with Gasteiger partial charge in [0.25, 0.3) is 0 Å².